The lowest BCUT2D eigenvalue weighted by molar-refractivity contribution is 0.0939. The van der Waals surface area contributed by atoms with Crippen LogP contribution < -0.4 is 10.6 Å². The molecule has 0 fully saturated rings. The summed E-state index contributed by atoms with van der Waals surface area (Å²) in [5.74, 6) is 1.68. The molecular formula is C13H21N3OS. The highest BCUT2D eigenvalue weighted by molar-refractivity contribution is 7.98. The number of nitrogens with one attached hydrogen (secondary N) is 2. The molecule has 0 saturated carbocycles. The Bertz CT molecular complexity index is 367. The first-order valence-electron chi connectivity index (χ1n) is 6.21. The van der Waals surface area contributed by atoms with E-state index in [4.69, 9.17) is 0 Å². The summed E-state index contributed by atoms with van der Waals surface area (Å²) in [5, 5.41) is 6.11. The zero-order valence-electron chi connectivity index (χ0n) is 11.2. The molecule has 1 heterocycles. The van der Waals surface area contributed by atoms with Crippen LogP contribution in [0.25, 0.3) is 0 Å². The summed E-state index contributed by atoms with van der Waals surface area (Å²) in [6, 6.07) is 3.85. The van der Waals surface area contributed by atoms with Gasteiger partial charge in [-0.2, -0.15) is 11.8 Å². The number of hydrogen-bond donors (Lipinski definition) is 2. The first-order valence-corrected chi connectivity index (χ1v) is 7.60. The molecule has 0 bridgehead atoms. The molecule has 100 valence electrons. The van der Waals surface area contributed by atoms with Crippen LogP contribution >= 0.6 is 11.8 Å². The highest BCUT2D eigenvalue weighted by Gasteiger charge is 2.11. The number of thioether (sulfide) groups is 1. The van der Waals surface area contributed by atoms with Crippen LogP contribution in [0.3, 0.4) is 0 Å². The molecule has 1 unspecified atom stereocenters. The summed E-state index contributed by atoms with van der Waals surface area (Å²) in [4.78, 5) is 16.2. The number of aromatic nitrogens is 1. The summed E-state index contributed by atoms with van der Waals surface area (Å²) < 4.78 is 0. The smallest absolute Gasteiger partial charge is 0.253 e. The number of pyridine rings is 1. The first kappa shape index (κ1) is 14.8. The molecule has 1 atom stereocenters. The lowest BCUT2D eigenvalue weighted by Crippen LogP contribution is -2.36. The first-order chi connectivity index (χ1) is 8.71. The Kier molecular flexibility index (Phi) is 6.57. The van der Waals surface area contributed by atoms with E-state index in [-0.39, 0.29) is 11.9 Å². The van der Waals surface area contributed by atoms with Crippen LogP contribution in [0.2, 0.25) is 0 Å². The monoisotopic (exact) mass is 267 g/mol. The molecule has 0 aromatic carbocycles. The van der Waals surface area contributed by atoms with Gasteiger partial charge < -0.3 is 10.6 Å². The highest BCUT2D eigenvalue weighted by atomic mass is 32.2. The number of anilines is 1. The maximum absolute atomic E-state index is 12.0. The Morgan fingerprint density at radius 1 is 1.44 bits per heavy atom. The summed E-state index contributed by atoms with van der Waals surface area (Å²) >= 11 is 1.74. The van der Waals surface area contributed by atoms with Crippen molar-refractivity contribution in [1.29, 1.82) is 0 Å². The number of carbonyl (C=O) groups is 1. The van der Waals surface area contributed by atoms with E-state index in [1.54, 1.807) is 24.0 Å². The third-order valence-corrected chi connectivity index (χ3v) is 3.32. The van der Waals surface area contributed by atoms with Crippen molar-refractivity contribution in [3.8, 4) is 0 Å². The van der Waals surface area contributed by atoms with Gasteiger partial charge in [0, 0.05) is 24.5 Å². The van der Waals surface area contributed by atoms with Gasteiger partial charge in [-0.3, -0.25) is 4.79 Å². The number of rotatable bonds is 7. The topological polar surface area (TPSA) is 54.0 Å². The number of carbonyl (C=O) groups excluding carboxylic acids is 1. The maximum Gasteiger partial charge on any atom is 0.253 e. The molecule has 0 aliphatic rings. The van der Waals surface area contributed by atoms with Gasteiger partial charge in [0.2, 0.25) is 0 Å². The van der Waals surface area contributed by atoms with E-state index in [9.17, 15) is 4.79 Å². The van der Waals surface area contributed by atoms with Crippen molar-refractivity contribution in [2.45, 2.75) is 26.3 Å². The maximum atomic E-state index is 12.0. The van der Waals surface area contributed by atoms with Crippen LogP contribution in [0.4, 0.5) is 5.82 Å². The average molecular weight is 267 g/mol. The second kappa shape index (κ2) is 7.97. The number of hydrogen-bond acceptors (Lipinski definition) is 4. The SMILES string of the molecule is CCNc1ccc(C(=O)NC(CC)CSC)cn1. The Morgan fingerprint density at radius 3 is 2.72 bits per heavy atom. The van der Waals surface area contributed by atoms with Crippen LogP contribution in [0.15, 0.2) is 18.3 Å². The zero-order valence-corrected chi connectivity index (χ0v) is 12.0. The van der Waals surface area contributed by atoms with E-state index in [2.05, 4.69) is 22.5 Å². The van der Waals surface area contributed by atoms with Crippen molar-refractivity contribution in [3.63, 3.8) is 0 Å². The van der Waals surface area contributed by atoms with Crippen molar-refractivity contribution >= 4 is 23.5 Å². The largest absolute Gasteiger partial charge is 0.370 e. The van der Waals surface area contributed by atoms with Gasteiger partial charge in [-0.25, -0.2) is 4.98 Å². The molecule has 0 radical (unpaired) electrons. The quantitative estimate of drug-likeness (QED) is 0.796. The predicted molar refractivity (Wildman–Crippen MR) is 78.3 cm³/mol. The minimum absolute atomic E-state index is 0.0496. The molecule has 5 heteroatoms. The van der Waals surface area contributed by atoms with Gasteiger partial charge in [0.15, 0.2) is 0 Å². The molecule has 4 nitrogen and oxygen atoms in total. The molecule has 1 rings (SSSR count). The van der Waals surface area contributed by atoms with Crippen LogP contribution in [0.5, 0.6) is 0 Å². The molecule has 2 N–H and O–H groups in total. The predicted octanol–water partition coefficient (Wildman–Crippen LogP) is 2.38. The van der Waals surface area contributed by atoms with Gasteiger partial charge in [0.1, 0.15) is 5.82 Å². The Morgan fingerprint density at radius 2 is 2.22 bits per heavy atom. The van der Waals surface area contributed by atoms with Crippen LogP contribution in [0, 0.1) is 0 Å². The summed E-state index contributed by atoms with van der Waals surface area (Å²) in [6.07, 6.45) is 4.59. The summed E-state index contributed by atoms with van der Waals surface area (Å²) in [7, 11) is 0. The Hall–Kier alpha value is -1.23. The van der Waals surface area contributed by atoms with Gasteiger partial charge in [0.05, 0.1) is 5.56 Å². The second-order valence-corrected chi connectivity index (χ2v) is 4.91. The van der Waals surface area contributed by atoms with Crippen molar-refractivity contribution in [1.82, 2.24) is 10.3 Å². The minimum Gasteiger partial charge on any atom is -0.370 e. The summed E-state index contributed by atoms with van der Waals surface area (Å²) in [5.41, 5.74) is 0.608. The highest BCUT2D eigenvalue weighted by Crippen LogP contribution is 2.07. The van der Waals surface area contributed by atoms with E-state index in [0.29, 0.717) is 5.56 Å². The fourth-order valence-corrected chi connectivity index (χ4v) is 2.27. The van der Waals surface area contributed by atoms with Crippen molar-refractivity contribution in [2.24, 2.45) is 0 Å². The van der Waals surface area contributed by atoms with E-state index in [1.165, 1.54) is 0 Å². The van der Waals surface area contributed by atoms with E-state index < -0.39 is 0 Å². The van der Waals surface area contributed by atoms with Crippen LogP contribution in [-0.2, 0) is 0 Å². The number of amides is 1. The zero-order chi connectivity index (χ0) is 13.4. The van der Waals surface area contributed by atoms with Crippen molar-refractivity contribution in [2.75, 3.05) is 23.9 Å². The third-order valence-electron chi connectivity index (χ3n) is 2.58. The molecule has 0 saturated heterocycles. The molecule has 0 aliphatic carbocycles. The normalized spacial score (nSPS) is 11.9. The lowest BCUT2D eigenvalue weighted by atomic mass is 10.2. The molecule has 0 spiro atoms. The molecule has 1 aromatic rings. The Balaban J connectivity index is 2.60. The number of nitrogens with zero attached hydrogens (tertiary/aromatic N) is 1. The van der Waals surface area contributed by atoms with Gasteiger partial charge in [-0.15, -0.1) is 0 Å². The van der Waals surface area contributed by atoms with Crippen molar-refractivity contribution < 1.29 is 4.79 Å². The van der Waals surface area contributed by atoms with E-state index in [0.717, 1.165) is 24.5 Å². The molecule has 18 heavy (non-hydrogen) atoms. The average Bonchev–Trinajstić information content (AvgIpc) is 2.39. The third kappa shape index (κ3) is 4.56. The van der Waals surface area contributed by atoms with Gasteiger partial charge >= 0.3 is 0 Å². The lowest BCUT2D eigenvalue weighted by Gasteiger charge is -2.15. The molecule has 1 amide bonds. The van der Waals surface area contributed by atoms with Gasteiger partial charge in [-0.05, 0) is 31.7 Å². The van der Waals surface area contributed by atoms with Crippen LogP contribution in [-0.4, -0.2) is 35.5 Å². The second-order valence-electron chi connectivity index (χ2n) is 4.00. The van der Waals surface area contributed by atoms with Gasteiger partial charge in [0.25, 0.3) is 5.91 Å². The van der Waals surface area contributed by atoms with E-state index >= 15 is 0 Å². The fraction of sp³-hybridized carbons (Fsp3) is 0.538. The summed E-state index contributed by atoms with van der Waals surface area (Å²) in [6.45, 7) is 4.91. The van der Waals surface area contributed by atoms with Crippen molar-refractivity contribution in [3.05, 3.63) is 23.9 Å². The molecule has 0 aliphatic heterocycles. The van der Waals surface area contributed by atoms with Gasteiger partial charge in [-0.1, -0.05) is 6.92 Å². The van der Waals surface area contributed by atoms with Crippen LogP contribution in [0.1, 0.15) is 30.6 Å². The standard InChI is InChI=1S/C13H21N3OS/c1-4-11(9-18-3)16-13(17)10-6-7-12(14-5-2)15-8-10/h6-8,11H,4-5,9H2,1-3H3,(H,14,15)(H,16,17). The molecule has 1 aromatic heterocycles. The minimum atomic E-state index is -0.0496. The van der Waals surface area contributed by atoms with E-state index in [1.807, 2.05) is 19.2 Å². The molecular weight excluding hydrogens is 246 g/mol. The Labute approximate surface area is 113 Å². The fourth-order valence-electron chi connectivity index (χ4n) is 1.55.